The van der Waals surface area contributed by atoms with Crippen molar-refractivity contribution in [3.8, 4) is 5.75 Å². The SMILES string of the molecule is CC[C@@H](C(=O)NC1CCCC1)N(CCc1ccccc1)C(=O)CN(c1cc(Cl)ccc1OC)S(=O)(=O)c1ccc(C)c([N+](=O)[O-])c1. The molecule has 1 aliphatic rings. The first-order valence-corrected chi connectivity index (χ1v) is 17.0. The summed E-state index contributed by atoms with van der Waals surface area (Å²) in [7, 11) is -3.25. The van der Waals surface area contributed by atoms with Crippen LogP contribution in [0.4, 0.5) is 11.4 Å². The number of hydrogen-bond donors (Lipinski definition) is 1. The summed E-state index contributed by atoms with van der Waals surface area (Å²) in [6, 6.07) is 16.5. The molecule has 13 heteroatoms. The van der Waals surface area contributed by atoms with Crippen LogP contribution >= 0.6 is 11.6 Å². The lowest BCUT2D eigenvalue weighted by molar-refractivity contribution is -0.385. The van der Waals surface area contributed by atoms with Crippen molar-refractivity contribution in [1.29, 1.82) is 0 Å². The number of anilines is 1. The fourth-order valence-electron chi connectivity index (χ4n) is 5.71. The van der Waals surface area contributed by atoms with Gasteiger partial charge in [-0.25, -0.2) is 8.42 Å². The van der Waals surface area contributed by atoms with Gasteiger partial charge < -0.3 is 15.0 Å². The second-order valence-electron chi connectivity index (χ2n) is 11.3. The van der Waals surface area contributed by atoms with E-state index in [1.54, 1.807) is 0 Å². The highest BCUT2D eigenvalue weighted by Gasteiger charge is 2.36. The number of nitro groups is 1. The predicted molar refractivity (Wildman–Crippen MR) is 177 cm³/mol. The molecule has 1 atom stereocenters. The normalized spacial score (nSPS) is 14.0. The molecule has 0 bridgehead atoms. The summed E-state index contributed by atoms with van der Waals surface area (Å²) in [6.07, 6.45) is 4.49. The number of carbonyl (C=O) groups excluding carboxylic acids is 2. The third-order valence-corrected chi connectivity index (χ3v) is 10.2. The van der Waals surface area contributed by atoms with Gasteiger partial charge in [0.2, 0.25) is 11.8 Å². The molecule has 0 aromatic heterocycles. The topological polar surface area (TPSA) is 139 Å². The Morgan fingerprint density at radius 3 is 2.41 bits per heavy atom. The molecule has 46 heavy (non-hydrogen) atoms. The van der Waals surface area contributed by atoms with E-state index in [4.69, 9.17) is 16.3 Å². The summed E-state index contributed by atoms with van der Waals surface area (Å²) >= 11 is 6.30. The van der Waals surface area contributed by atoms with Crippen LogP contribution < -0.4 is 14.4 Å². The smallest absolute Gasteiger partial charge is 0.273 e. The van der Waals surface area contributed by atoms with Gasteiger partial charge in [0.25, 0.3) is 15.7 Å². The van der Waals surface area contributed by atoms with E-state index in [0.717, 1.165) is 41.6 Å². The van der Waals surface area contributed by atoms with Crippen LogP contribution in [0.1, 0.15) is 50.2 Å². The lowest BCUT2D eigenvalue weighted by Gasteiger charge is -2.34. The zero-order valence-electron chi connectivity index (χ0n) is 26.1. The Morgan fingerprint density at radius 1 is 1.09 bits per heavy atom. The molecule has 0 spiro atoms. The van der Waals surface area contributed by atoms with Gasteiger partial charge in [0.15, 0.2) is 0 Å². The Kier molecular flexibility index (Phi) is 11.6. The Bertz CT molecular complexity index is 1660. The monoisotopic (exact) mass is 670 g/mol. The molecule has 2 amide bonds. The molecule has 0 radical (unpaired) electrons. The summed E-state index contributed by atoms with van der Waals surface area (Å²) in [4.78, 5) is 40.0. The van der Waals surface area contributed by atoms with Crippen molar-refractivity contribution in [2.75, 3.05) is 24.5 Å². The van der Waals surface area contributed by atoms with Gasteiger partial charge in [-0.3, -0.25) is 24.0 Å². The lowest BCUT2D eigenvalue weighted by Crippen LogP contribution is -2.54. The molecule has 0 unspecified atom stereocenters. The molecule has 0 aliphatic heterocycles. The number of benzene rings is 3. The Hall–Kier alpha value is -4.16. The molecule has 3 aromatic rings. The van der Waals surface area contributed by atoms with Gasteiger partial charge in [-0.15, -0.1) is 0 Å². The van der Waals surface area contributed by atoms with Crippen LogP contribution in [-0.4, -0.2) is 62.3 Å². The fourth-order valence-corrected chi connectivity index (χ4v) is 7.31. The van der Waals surface area contributed by atoms with Crippen LogP contribution in [0.2, 0.25) is 5.02 Å². The molecular formula is C33H39ClN4O7S. The van der Waals surface area contributed by atoms with E-state index in [1.165, 1.54) is 49.3 Å². The average molecular weight is 671 g/mol. The van der Waals surface area contributed by atoms with E-state index in [0.29, 0.717) is 12.8 Å². The Labute approximate surface area is 274 Å². The minimum atomic E-state index is -4.60. The van der Waals surface area contributed by atoms with Gasteiger partial charge >= 0.3 is 0 Å². The van der Waals surface area contributed by atoms with Crippen LogP contribution in [0.5, 0.6) is 5.75 Å². The predicted octanol–water partition coefficient (Wildman–Crippen LogP) is 5.67. The molecular weight excluding hydrogens is 632 g/mol. The zero-order valence-corrected chi connectivity index (χ0v) is 27.7. The molecule has 1 fully saturated rings. The molecule has 4 rings (SSSR count). The number of halogens is 1. The second-order valence-corrected chi connectivity index (χ2v) is 13.6. The average Bonchev–Trinajstić information content (AvgIpc) is 3.55. The van der Waals surface area contributed by atoms with Crippen LogP contribution in [0.3, 0.4) is 0 Å². The summed E-state index contributed by atoms with van der Waals surface area (Å²) in [5, 5.41) is 15.0. The molecule has 1 N–H and O–H groups in total. The van der Waals surface area contributed by atoms with Crippen molar-refractivity contribution in [1.82, 2.24) is 10.2 Å². The van der Waals surface area contributed by atoms with E-state index >= 15 is 0 Å². The van der Waals surface area contributed by atoms with Crippen molar-refractivity contribution in [3.63, 3.8) is 0 Å². The van der Waals surface area contributed by atoms with Crippen LogP contribution in [0.25, 0.3) is 0 Å². The van der Waals surface area contributed by atoms with E-state index in [1.807, 2.05) is 37.3 Å². The number of nitro benzene ring substituents is 1. The first kappa shape index (κ1) is 34.7. The highest BCUT2D eigenvalue weighted by atomic mass is 35.5. The van der Waals surface area contributed by atoms with Crippen LogP contribution in [-0.2, 0) is 26.0 Å². The quantitative estimate of drug-likeness (QED) is 0.172. The van der Waals surface area contributed by atoms with Crippen LogP contribution in [0, 0.1) is 17.0 Å². The maximum Gasteiger partial charge on any atom is 0.273 e. The van der Waals surface area contributed by atoms with Gasteiger partial charge in [-0.1, -0.05) is 67.8 Å². The van der Waals surface area contributed by atoms with E-state index < -0.39 is 33.4 Å². The van der Waals surface area contributed by atoms with E-state index in [9.17, 15) is 28.1 Å². The highest BCUT2D eigenvalue weighted by molar-refractivity contribution is 7.92. The molecule has 3 aromatic carbocycles. The van der Waals surface area contributed by atoms with Gasteiger partial charge in [-0.2, -0.15) is 0 Å². The van der Waals surface area contributed by atoms with E-state index in [2.05, 4.69) is 5.32 Å². The number of methoxy groups -OCH3 is 1. The van der Waals surface area contributed by atoms with Crippen molar-refractivity contribution in [2.45, 2.75) is 69.4 Å². The third kappa shape index (κ3) is 8.16. The number of nitrogens with zero attached hydrogens (tertiary/aromatic N) is 3. The molecule has 246 valence electrons. The summed E-state index contributed by atoms with van der Waals surface area (Å²) in [5.74, 6) is -0.805. The minimum absolute atomic E-state index is 0.0255. The number of sulfonamides is 1. The number of hydrogen-bond acceptors (Lipinski definition) is 7. The largest absolute Gasteiger partial charge is 0.495 e. The van der Waals surface area contributed by atoms with Gasteiger partial charge in [0, 0.05) is 29.2 Å². The van der Waals surface area contributed by atoms with Gasteiger partial charge in [0.05, 0.1) is 22.6 Å². The first-order valence-electron chi connectivity index (χ1n) is 15.2. The van der Waals surface area contributed by atoms with Gasteiger partial charge in [0.1, 0.15) is 18.3 Å². The lowest BCUT2D eigenvalue weighted by atomic mass is 10.1. The molecule has 1 aliphatic carbocycles. The highest BCUT2D eigenvalue weighted by Crippen LogP contribution is 2.36. The minimum Gasteiger partial charge on any atom is -0.495 e. The summed E-state index contributed by atoms with van der Waals surface area (Å²) in [6.45, 7) is 2.74. The number of ether oxygens (including phenoxy) is 1. The molecule has 0 heterocycles. The Balaban J connectivity index is 1.77. The second kappa shape index (κ2) is 15.4. The molecule has 1 saturated carbocycles. The third-order valence-electron chi connectivity index (χ3n) is 8.23. The number of carbonyl (C=O) groups is 2. The first-order chi connectivity index (χ1) is 22.0. The van der Waals surface area contributed by atoms with Crippen molar-refractivity contribution < 1.29 is 27.7 Å². The van der Waals surface area contributed by atoms with Crippen molar-refractivity contribution >= 4 is 44.8 Å². The standard InChI is InChI=1S/C33H39ClN4O7S/c1-4-28(33(40)35-26-12-8-9-13-26)36(19-18-24-10-6-5-7-11-24)32(39)22-37(30-20-25(34)15-17-31(30)45-3)46(43,44)27-16-14-23(2)29(21-27)38(41)42/h5-7,10-11,14-17,20-21,26,28H,4,8-9,12-13,18-19,22H2,1-3H3,(H,35,40)/t28-/m0/s1. The summed E-state index contributed by atoms with van der Waals surface area (Å²) < 4.78 is 34.9. The zero-order chi connectivity index (χ0) is 33.4. The maximum absolute atomic E-state index is 14.3. The molecule has 0 saturated heterocycles. The number of amides is 2. The van der Waals surface area contributed by atoms with Crippen molar-refractivity contribution in [3.05, 3.63) is 93.0 Å². The number of aryl methyl sites for hydroxylation is 1. The van der Waals surface area contributed by atoms with E-state index in [-0.39, 0.29) is 51.1 Å². The fraction of sp³-hybridized carbons (Fsp3) is 0.394. The molecule has 11 nitrogen and oxygen atoms in total. The van der Waals surface area contributed by atoms with Gasteiger partial charge in [-0.05, 0) is 62.4 Å². The number of rotatable bonds is 14. The Morgan fingerprint density at radius 2 is 1.78 bits per heavy atom. The number of nitrogens with one attached hydrogen (secondary N) is 1. The summed E-state index contributed by atoms with van der Waals surface area (Å²) in [5.41, 5.74) is 0.806. The maximum atomic E-state index is 14.3. The van der Waals surface area contributed by atoms with Crippen molar-refractivity contribution in [2.24, 2.45) is 0 Å². The van der Waals surface area contributed by atoms with Crippen LogP contribution in [0.15, 0.2) is 71.6 Å².